The van der Waals surface area contributed by atoms with E-state index in [-0.39, 0.29) is 0 Å². The van der Waals surface area contributed by atoms with Crippen molar-refractivity contribution in [3.05, 3.63) is 0 Å². The van der Waals surface area contributed by atoms with Gasteiger partial charge in [-0.25, -0.2) is 14.8 Å². The standard InChI is InChI=1S/C3H10N2.C3H6N2.C3H7NO2/c2*1-4-3-5-2;1-4-3(5)6-2/h4-5H,3H2,1-2H3;1-2H3;1-2H3,(H,4,5). The number of nitrogens with one attached hydrogen (secondary N) is 3. The zero-order chi connectivity index (χ0) is 13.2. The summed E-state index contributed by atoms with van der Waals surface area (Å²) < 4.78 is 4.15. The highest BCUT2D eigenvalue weighted by Crippen LogP contribution is 1.62. The first kappa shape index (κ1) is 20.0. The summed E-state index contributed by atoms with van der Waals surface area (Å²) in [6.07, 6.45) is -0.407. The zero-order valence-corrected chi connectivity index (χ0v) is 10.9. The smallest absolute Gasteiger partial charge is 0.406 e. The molecule has 1 amide bonds. The van der Waals surface area contributed by atoms with E-state index in [2.05, 4.69) is 36.7 Å². The van der Waals surface area contributed by atoms with E-state index in [1.165, 1.54) is 14.2 Å². The highest BCUT2D eigenvalue weighted by atomic mass is 16.5. The van der Waals surface area contributed by atoms with E-state index in [0.29, 0.717) is 0 Å². The lowest BCUT2D eigenvalue weighted by Gasteiger charge is -1.90. The molecule has 3 N–H and O–H groups in total. The summed E-state index contributed by atoms with van der Waals surface area (Å²) in [5, 5.41) is 8.07. The molecule has 0 aliphatic heterocycles. The molecule has 0 aromatic carbocycles. The normalized spacial score (nSPS) is 6.88. The Labute approximate surface area is 97.4 Å². The maximum atomic E-state index is 9.85. The number of methoxy groups -OCH3 is 1. The van der Waals surface area contributed by atoms with Crippen LogP contribution in [0.5, 0.6) is 0 Å². The topological polar surface area (TPSA) is 87.1 Å². The van der Waals surface area contributed by atoms with Gasteiger partial charge in [0.2, 0.25) is 0 Å². The van der Waals surface area contributed by atoms with E-state index in [1.54, 1.807) is 14.1 Å². The fourth-order valence-corrected chi connectivity index (χ4v) is 0.379. The van der Waals surface area contributed by atoms with Gasteiger partial charge in [0.1, 0.15) is 0 Å². The number of carbonyl (C=O) groups is 1. The Balaban J connectivity index is -0.000000160. The van der Waals surface area contributed by atoms with Gasteiger partial charge in [0.25, 0.3) is 0 Å². The number of ether oxygens (including phenoxy) is 1. The van der Waals surface area contributed by atoms with Crippen LogP contribution in [0.2, 0.25) is 0 Å². The fraction of sp³-hybridized carbons (Fsp3) is 0.778. The first-order chi connectivity index (χ1) is 7.64. The molecule has 0 aromatic rings. The average Bonchev–Trinajstić information content (AvgIpc) is 2.32. The predicted molar refractivity (Wildman–Crippen MR) is 66.2 cm³/mol. The molecule has 0 fully saturated rings. The molecule has 96 valence electrons. The van der Waals surface area contributed by atoms with Crippen molar-refractivity contribution in [3.8, 4) is 0 Å². The van der Waals surface area contributed by atoms with E-state index < -0.39 is 6.09 Å². The van der Waals surface area contributed by atoms with Gasteiger partial charge in [-0.05, 0) is 14.1 Å². The molecular formula is C9H23N5O2. The number of aliphatic imine (C=N–C) groups is 2. The third kappa shape index (κ3) is 39.0. The average molecular weight is 233 g/mol. The van der Waals surface area contributed by atoms with Crippen molar-refractivity contribution >= 4 is 12.1 Å². The zero-order valence-electron chi connectivity index (χ0n) is 10.9. The molecule has 7 heteroatoms. The van der Waals surface area contributed by atoms with Crippen LogP contribution in [0.15, 0.2) is 9.98 Å². The molecular weight excluding hydrogens is 210 g/mol. The van der Waals surface area contributed by atoms with Gasteiger partial charge < -0.3 is 20.7 Å². The molecule has 0 aliphatic rings. The van der Waals surface area contributed by atoms with E-state index >= 15 is 0 Å². The van der Waals surface area contributed by atoms with Crippen molar-refractivity contribution in [2.75, 3.05) is 49.0 Å². The largest absolute Gasteiger partial charge is 0.453 e. The summed E-state index contributed by atoms with van der Waals surface area (Å²) in [5.74, 6) is 0. The Kier molecular flexibility index (Phi) is 29.3. The number of hydrogen-bond acceptors (Lipinski definition) is 6. The molecule has 0 bridgehead atoms. The van der Waals surface area contributed by atoms with Crippen molar-refractivity contribution in [1.29, 1.82) is 0 Å². The molecule has 0 heterocycles. The van der Waals surface area contributed by atoms with Crippen molar-refractivity contribution in [1.82, 2.24) is 16.0 Å². The first-order valence-electron chi connectivity index (χ1n) is 4.62. The Bertz CT molecular complexity index is 176. The second kappa shape index (κ2) is 23.4. The van der Waals surface area contributed by atoms with Crippen molar-refractivity contribution < 1.29 is 9.53 Å². The van der Waals surface area contributed by atoms with E-state index in [0.717, 1.165) is 6.67 Å². The molecule has 0 rings (SSSR count). The molecule has 0 aliphatic carbocycles. The highest BCUT2D eigenvalue weighted by molar-refractivity contribution is 5.66. The lowest BCUT2D eigenvalue weighted by Crippen LogP contribution is -2.21. The third-order valence-electron chi connectivity index (χ3n) is 0.943. The molecule has 0 saturated carbocycles. The van der Waals surface area contributed by atoms with E-state index in [9.17, 15) is 4.79 Å². The van der Waals surface area contributed by atoms with Gasteiger partial charge >= 0.3 is 6.09 Å². The van der Waals surface area contributed by atoms with Crippen LogP contribution in [-0.4, -0.2) is 61.1 Å². The maximum absolute atomic E-state index is 9.85. The summed E-state index contributed by atoms with van der Waals surface area (Å²) in [7, 11) is 9.89. The van der Waals surface area contributed by atoms with Gasteiger partial charge in [-0.1, -0.05) is 0 Å². The van der Waals surface area contributed by atoms with Gasteiger partial charge in [0.05, 0.1) is 13.1 Å². The number of alkyl carbamates (subject to hydrolysis) is 1. The van der Waals surface area contributed by atoms with Crippen molar-refractivity contribution in [2.45, 2.75) is 0 Å². The number of hydrogen-bond donors (Lipinski definition) is 3. The summed E-state index contributed by atoms with van der Waals surface area (Å²) in [6, 6.07) is 2.36. The number of nitrogens with zero attached hydrogens (tertiary/aromatic N) is 2. The predicted octanol–water partition coefficient (Wildman–Crippen LogP) is -0.225. The minimum Gasteiger partial charge on any atom is -0.453 e. The Morgan fingerprint density at radius 1 is 1.19 bits per heavy atom. The lowest BCUT2D eigenvalue weighted by atomic mass is 11.0. The first-order valence-corrected chi connectivity index (χ1v) is 4.62. The lowest BCUT2D eigenvalue weighted by molar-refractivity contribution is 0.173. The third-order valence-corrected chi connectivity index (χ3v) is 0.943. The van der Waals surface area contributed by atoms with Crippen LogP contribution in [0.1, 0.15) is 0 Å². The molecule has 0 spiro atoms. The van der Waals surface area contributed by atoms with Crippen LogP contribution in [0.4, 0.5) is 4.79 Å². The maximum Gasteiger partial charge on any atom is 0.406 e. The van der Waals surface area contributed by atoms with Crippen LogP contribution < -0.4 is 16.0 Å². The van der Waals surface area contributed by atoms with Crippen LogP contribution in [0, 0.1) is 0 Å². The minimum atomic E-state index is -0.407. The molecule has 0 radical (unpaired) electrons. The Morgan fingerprint density at radius 2 is 1.62 bits per heavy atom. The number of carbonyl (C=O) groups excluding carboxylic acids is 1. The Hall–Kier alpha value is -1.43. The molecule has 0 atom stereocenters. The SMILES string of the molecule is CN=C=NC.CNC(=O)OC.CNCNC. The van der Waals surface area contributed by atoms with Gasteiger partial charge in [-0.3, -0.25) is 0 Å². The number of amides is 1. The van der Waals surface area contributed by atoms with Crippen LogP contribution in [-0.2, 0) is 4.74 Å². The quantitative estimate of drug-likeness (QED) is 0.454. The summed E-state index contributed by atoms with van der Waals surface area (Å²) >= 11 is 0. The van der Waals surface area contributed by atoms with E-state index in [1.807, 2.05) is 14.1 Å². The van der Waals surface area contributed by atoms with Gasteiger partial charge in [-0.2, -0.15) is 0 Å². The summed E-state index contributed by atoms with van der Waals surface area (Å²) in [6.45, 7) is 0.889. The molecule has 0 unspecified atom stereocenters. The van der Waals surface area contributed by atoms with Crippen LogP contribution in [0.3, 0.4) is 0 Å². The van der Waals surface area contributed by atoms with Gasteiger partial charge in [0.15, 0.2) is 0 Å². The monoisotopic (exact) mass is 233 g/mol. The molecule has 7 nitrogen and oxygen atoms in total. The second-order valence-electron chi connectivity index (χ2n) is 2.17. The van der Waals surface area contributed by atoms with Crippen molar-refractivity contribution in [2.24, 2.45) is 9.98 Å². The molecule has 0 saturated heterocycles. The minimum absolute atomic E-state index is 0.407. The molecule has 16 heavy (non-hydrogen) atoms. The molecule has 0 aromatic heterocycles. The number of rotatable bonds is 2. The van der Waals surface area contributed by atoms with Crippen LogP contribution >= 0.6 is 0 Å². The Morgan fingerprint density at radius 3 is 1.62 bits per heavy atom. The van der Waals surface area contributed by atoms with Crippen LogP contribution in [0.25, 0.3) is 0 Å². The van der Waals surface area contributed by atoms with Gasteiger partial charge in [0, 0.05) is 27.8 Å². The second-order valence-corrected chi connectivity index (χ2v) is 2.17. The van der Waals surface area contributed by atoms with Crippen molar-refractivity contribution in [3.63, 3.8) is 0 Å². The highest BCUT2D eigenvalue weighted by Gasteiger charge is 1.85. The fourth-order valence-electron chi connectivity index (χ4n) is 0.379. The van der Waals surface area contributed by atoms with Gasteiger partial charge in [-0.15, -0.1) is 0 Å². The summed E-state index contributed by atoms with van der Waals surface area (Å²) in [4.78, 5) is 16.7. The van der Waals surface area contributed by atoms with E-state index in [4.69, 9.17) is 0 Å². The summed E-state index contributed by atoms with van der Waals surface area (Å²) in [5.41, 5.74) is 0.